The van der Waals surface area contributed by atoms with Gasteiger partial charge in [0.2, 0.25) is 15.0 Å². The molecule has 1 saturated heterocycles. The van der Waals surface area contributed by atoms with Crippen LogP contribution in [0.15, 0.2) is 24.3 Å². The molecule has 134 valence electrons. The van der Waals surface area contributed by atoms with E-state index in [1.54, 1.807) is 6.92 Å². The van der Waals surface area contributed by atoms with Gasteiger partial charge in [0.25, 0.3) is 5.91 Å². The minimum absolute atomic E-state index is 0.0586. The summed E-state index contributed by atoms with van der Waals surface area (Å²) >= 11 is 1.15. The van der Waals surface area contributed by atoms with E-state index in [0.29, 0.717) is 23.7 Å². The van der Waals surface area contributed by atoms with Gasteiger partial charge in [0.15, 0.2) is 0 Å². The van der Waals surface area contributed by atoms with E-state index in [0.717, 1.165) is 23.3 Å². The zero-order valence-electron chi connectivity index (χ0n) is 14.1. The fraction of sp³-hybridized carbons (Fsp3) is 0.438. The lowest BCUT2D eigenvalue weighted by Gasteiger charge is -2.21. The van der Waals surface area contributed by atoms with Crippen LogP contribution in [-0.2, 0) is 10.0 Å². The van der Waals surface area contributed by atoms with Crippen LogP contribution in [0.2, 0.25) is 0 Å². The molecule has 0 bridgehead atoms. The van der Waals surface area contributed by atoms with Crippen LogP contribution in [0.4, 0.5) is 5.69 Å². The van der Waals surface area contributed by atoms with Gasteiger partial charge in [0.05, 0.1) is 11.8 Å². The molecule has 2 aromatic rings. The molecule has 1 aliphatic heterocycles. The largest absolute Gasteiger partial charge is 0.320 e. The molecule has 1 fully saturated rings. The van der Waals surface area contributed by atoms with Crippen molar-refractivity contribution < 1.29 is 13.2 Å². The maximum Gasteiger partial charge on any atom is 0.286 e. The first-order valence-electron chi connectivity index (χ1n) is 8.11. The number of aryl methyl sites for hydroxylation is 1. The molecule has 1 amide bonds. The Labute approximate surface area is 151 Å². The van der Waals surface area contributed by atoms with Crippen LogP contribution in [-0.4, -0.2) is 41.1 Å². The van der Waals surface area contributed by atoms with Crippen molar-refractivity contribution >= 4 is 33.0 Å². The molecule has 1 aromatic heterocycles. The topological polar surface area (TPSA) is 92.3 Å². The number of hydrogen-bond donors (Lipinski definition) is 1. The minimum Gasteiger partial charge on any atom is -0.320 e. The summed E-state index contributed by atoms with van der Waals surface area (Å²) in [5, 5.41) is 11.6. The molecular weight excluding hydrogens is 360 g/mol. The summed E-state index contributed by atoms with van der Waals surface area (Å²) in [7, 11) is -3.29. The second kappa shape index (κ2) is 7.19. The summed E-state index contributed by atoms with van der Waals surface area (Å²) in [6.45, 7) is 4.09. The Morgan fingerprint density at radius 1 is 1.32 bits per heavy atom. The average Bonchev–Trinajstić information content (AvgIpc) is 3.26. The maximum absolute atomic E-state index is 12.3. The Morgan fingerprint density at radius 2 is 2.04 bits per heavy atom. The molecule has 7 nitrogen and oxygen atoms in total. The minimum atomic E-state index is -3.29. The van der Waals surface area contributed by atoms with Crippen molar-refractivity contribution in [3.05, 3.63) is 39.8 Å². The van der Waals surface area contributed by atoms with E-state index < -0.39 is 10.0 Å². The molecular formula is C16H20N4O3S2. The molecule has 1 atom stereocenters. The van der Waals surface area contributed by atoms with E-state index in [1.165, 1.54) is 4.31 Å². The fourth-order valence-electron chi connectivity index (χ4n) is 2.77. The third-order valence-electron chi connectivity index (χ3n) is 4.16. The summed E-state index contributed by atoms with van der Waals surface area (Å²) in [6.07, 6.45) is 1.49. The zero-order chi connectivity index (χ0) is 18.0. The summed E-state index contributed by atoms with van der Waals surface area (Å²) in [5.41, 5.74) is 1.79. The Balaban J connectivity index is 1.75. The van der Waals surface area contributed by atoms with Crippen molar-refractivity contribution in [1.29, 1.82) is 0 Å². The van der Waals surface area contributed by atoms with E-state index in [1.807, 2.05) is 31.2 Å². The van der Waals surface area contributed by atoms with E-state index in [2.05, 4.69) is 15.5 Å². The van der Waals surface area contributed by atoms with Crippen molar-refractivity contribution in [3.63, 3.8) is 0 Å². The first-order chi connectivity index (χ1) is 11.9. The van der Waals surface area contributed by atoms with Crippen molar-refractivity contribution in [1.82, 2.24) is 14.5 Å². The lowest BCUT2D eigenvalue weighted by molar-refractivity contribution is 0.102. The van der Waals surface area contributed by atoms with E-state index in [4.69, 9.17) is 0 Å². The van der Waals surface area contributed by atoms with E-state index >= 15 is 0 Å². The molecule has 2 heterocycles. The summed E-state index contributed by atoms with van der Waals surface area (Å²) in [6, 6.07) is 7.15. The maximum atomic E-state index is 12.3. The van der Waals surface area contributed by atoms with Gasteiger partial charge in [0.1, 0.15) is 5.01 Å². The molecule has 0 aliphatic carbocycles. The molecule has 1 aromatic carbocycles. The molecule has 25 heavy (non-hydrogen) atoms. The highest BCUT2D eigenvalue weighted by Gasteiger charge is 2.36. The van der Waals surface area contributed by atoms with Crippen LogP contribution < -0.4 is 5.32 Å². The second-order valence-corrected chi connectivity index (χ2v) is 9.15. The highest BCUT2D eigenvalue weighted by Crippen LogP contribution is 2.35. The Morgan fingerprint density at radius 3 is 2.72 bits per heavy atom. The lowest BCUT2D eigenvalue weighted by Crippen LogP contribution is -2.31. The summed E-state index contributed by atoms with van der Waals surface area (Å²) in [4.78, 5) is 12.3. The normalized spacial score (nSPS) is 18.4. The smallest absolute Gasteiger partial charge is 0.286 e. The zero-order valence-corrected chi connectivity index (χ0v) is 15.7. The number of nitrogens with zero attached hydrogens (tertiary/aromatic N) is 3. The van der Waals surface area contributed by atoms with Crippen LogP contribution in [0.25, 0.3) is 0 Å². The van der Waals surface area contributed by atoms with Crippen molar-refractivity contribution in [2.75, 3.05) is 17.6 Å². The van der Waals surface area contributed by atoms with Crippen LogP contribution in [0.5, 0.6) is 0 Å². The van der Waals surface area contributed by atoms with Crippen molar-refractivity contribution in [2.24, 2.45) is 0 Å². The van der Waals surface area contributed by atoms with Gasteiger partial charge in [-0.25, -0.2) is 8.42 Å². The molecule has 1 aliphatic rings. The predicted molar refractivity (Wildman–Crippen MR) is 97.2 cm³/mol. The first kappa shape index (κ1) is 18.0. The number of aromatic nitrogens is 2. The molecule has 0 radical (unpaired) electrons. The number of sulfonamides is 1. The molecule has 9 heteroatoms. The predicted octanol–water partition coefficient (Wildman–Crippen LogP) is 2.59. The van der Waals surface area contributed by atoms with Crippen molar-refractivity contribution in [2.45, 2.75) is 32.7 Å². The number of anilines is 1. The number of benzene rings is 1. The van der Waals surface area contributed by atoms with Crippen LogP contribution in [0, 0.1) is 6.92 Å². The van der Waals surface area contributed by atoms with Gasteiger partial charge >= 0.3 is 0 Å². The SMILES string of the molecule is CCS(=O)(=O)N1CCC[C@H]1c1nnc(C(=O)Nc2ccc(C)cc2)s1. The first-order valence-corrected chi connectivity index (χ1v) is 10.5. The van der Waals surface area contributed by atoms with Gasteiger partial charge in [-0.3, -0.25) is 4.79 Å². The number of hydrogen-bond acceptors (Lipinski definition) is 6. The third-order valence-corrected chi connectivity index (χ3v) is 7.06. The van der Waals surface area contributed by atoms with Gasteiger partial charge < -0.3 is 5.32 Å². The highest BCUT2D eigenvalue weighted by atomic mass is 32.2. The average molecular weight is 380 g/mol. The standard InChI is InChI=1S/C16H20N4O3S2/c1-3-25(22,23)20-10-4-5-13(20)15-18-19-16(24-15)14(21)17-12-8-6-11(2)7-9-12/h6-9,13H,3-5,10H2,1-2H3,(H,17,21)/t13-/m0/s1. The monoisotopic (exact) mass is 380 g/mol. The highest BCUT2D eigenvalue weighted by molar-refractivity contribution is 7.89. The van der Waals surface area contributed by atoms with Gasteiger partial charge in [-0.05, 0) is 38.8 Å². The van der Waals surface area contributed by atoms with Crippen LogP contribution in [0.1, 0.15) is 46.2 Å². The van der Waals surface area contributed by atoms with Crippen molar-refractivity contribution in [3.8, 4) is 0 Å². The van der Waals surface area contributed by atoms with E-state index in [9.17, 15) is 13.2 Å². The van der Waals surface area contributed by atoms with Crippen LogP contribution >= 0.6 is 11.3 Å². The Kier molecular flexibility index (Phi) is 5.16. The van der Waals surface area contributed by atoms with Gasteiger partial charge in [-0.15, -0.1) is 10.2 Å². The van der Waals surface area contributed by atoms with E-state index in [-0.39, 0.29) is 22.7 Å². The third kappa shape index (κ3) is 3.88. The van der Waals surface area contributed by atoms with Gasteiger partial charge in [0, 0.05) is 12.2 Å². The lowest BCUT2D eigenvalue weighted by atomic mass is 10.2. The molecule has 0 unspecified atom stereocenters. The molecule has 1 N–H and O–H groups in total. The molecule has 0 saturated carbocycles. The number of nitrogens with one attached hydrogen (secondary N) is 1. The second-order valence-electron chi connectivity index (χ2n) is 5.93. The fourth-order valence-corrected chi connectivity index (χ4v) is 5.05. The molecule has 0 spiro atoms. The summed E-state index contributed by atoms with van der Waals surface area (Å²) < 4.78 is 25.9. The summed E-state index contributed by atoms with van der Waals surface area (Å²) in [5.74, 6) is -0.279. The number of carbonyl (C=O) groups is 1. The number of amides is 1. The quantitative estimate of drug-likeness (QED) is 0.861. The van der Waals surface area contributed by atoms with Gasteiger partial charge in [-0.2, -0.15) is 4.31 Å². The molecule has 3 rings (SSSR count). The Bertz CT molecular complexity index is 862. The van der Waals surface area contributed by atoms with Gasteiger partial charge in [-0.1, -0.05) is 29.0 Å². The van der Waals surface area contributed by atoms with Crippen LogP contribution in [0.3, 0.4) is 0 Å². The number of rotatable bonds is 5. The Hall–Kier alpha value is -1.84. The number of carbonyl (C=O) groups excluding carboxylic acids is 1.